The van der Waals surface area contributed by atoms with Crippen LogP contribution >= 0.6 is 27.3 Å². The maximum absolute atomic E-state index is 3.57. The van der Waals surface area contributed by atoms with Gasteiger partial charge >= 0.3 is 0 Å². The summed E-state index contributed by atoms with van der Waals surface area (Å²) in [6, 6.07) is 3.39. The summed E-state index contributed by atoms with van der Waals surface area (Å²) in [6.07, 6.45) is 2.65. The van der Waals surface area contributed by atoms with Gasteiger partial charge in [-0.2, -0.15) is 0 Å². The third-order valence-electron chi connectivity index (χ3n) is 4.09. The van der Waals surface area contributed by atoms with E-state index in [0.717, 1.165) is 5.92 Å². The summed E-state index contributed by atoms with van der Waals surface area (Å²) in [6.45, 7) is 10.6. The number of piperidine rings is 1. The van der Waals surface area contributed by atoms with Crippen molar-refractivity contribution in [1.29, 1.82) is 0 Å². The molecule has 1 aromatic heterocycles. The van der Waals surface area contributed by atoms with Crippen molar-refractivity contribution in [2.24, 2.45) is 5.92 Å². The Kier molecular flexibility index (Phi) is 5.87. The number of nitrogens with zero attached hydrogens (tertiary/aromatic N) is 1. The SMILES string of the molecule is CC(C)N(CC1CCNCC1)C(C)c1cc(Br)cs1. The normalized spacial score (nSPS) is 19.3. The lowest BCUT2D eigenvalue weighted by Gasteiger charge is -2.36. The van der Waals surface area contributed by atoms with Gasteiger partial charge in [-0.25, -0.2) is 0 Å². The topological polar surface area (TPSA) is 15.3 Å². The predicted molar refractivity (Wildman–Crippen MR) is 87.9 cm³/mol. The summed E-state index contributed by atoms with van der Waals surface area (Å²) in [5.74, 6) is 0.856. The Labute approximate surface area is 129 Å². The molecular formula is C15H25BrN2S. The molecule has 0 aliphatic carbocycles. The molecule has 19 heavy (non-hydrogen) atoms. The van der Waals surface area contributed by atoms with E-state index in [0.29, 0.717) is 12.1 Å². The Balaban J connectivity index is 2.02. The number of halogens is 1. The average Bonchev–Trinajstić information content (AvgIpc) is 2.83. The molecule has 1 atom stereocenters. The first kappa shape index (κ1) is 15.5. The fourth-order valence-corrected chi connectivity index (χ4v) is 4.41. The van der Waals surface area contributed by atoms with Crippen LogP contribution in [0.1, 0.15) is 44.5 Å². The maximum Gasteiger partial charge on any atom is 0.0416 e. The van der Waals surface area contributed by atoms with Crippen LogP contribution in [0.5, 0.6) is 0 Å². The summed E-state index contributed by atoms with van der Waals surface area (Å²) in [7, 11) is 0. The van der Waals surface area contributed by atoms with E-state index in [1.165, 1.54) is 41.8 Å². The highest BCUT2D eigenvalue weighted by Gasteiger charge is 2.24. The van der Waals surface area contributed by atoms with Crippen LogP contribution in [0.25, 0.3) is 0 Å². The van der Waals surface area contributed by atoms with E-state index < -0.39 is 0 Å². The van der Waals surface area contributed by atoms with Crippen molar-refractivity contribution in [3.05, 3.63) is 20.8 Å². The fraction of sp³-hybridized carbons (Fsp3) is 0.733. The average molecular weight is 345 g/mol. The lowest BCUT2D eigenvalue weighted by atomic mass is 9.96. The Bertz CT molecular complexity index is 385. The van der Waals surface area contributed by atoms with Gasteiger partial charge in [0.25, 0.3) is 0 Å². The molecule has 1 aromatic rings. The van der Waals surface area contributed by atoms with Crippen LogP contribution in [0.15, 0.2) is 15.9 Å². The van der Waals surface area contributed by atoms with Crippen LogP contribution in [0.4, 0.5) is 0 Å². The maximum atomic E-state index is 3.57. The highest BCUT2D eigenvalue weighted by Crippen LogP contribution is 2.31. The molecule has 108 valence electrons. The Morgan fingerprint density at radius 3 is 2.58 bits per heavy atom. The van der Waals surface area contributed by atoms with Crippen molar-refractivity contribution < 1.29 is 0 Å². The van der Waals surface area contributed by atoms with Crippen LogP contribution < -0.4 is 5.32 Å². The first-order valence-corrected chi connectivity index (χ1v) is 8.95. The molecule has 1 saturated heterocycles. The van der Waals surface area contributed by atoms with E-state index in [1.54, 1.807) is 0 Å². The van der Waals surface area contributed by atoms with Gasteiger partial charge in [-0.1, -0.05) is 0 Å². The molecule has 1 unspecified atom stereocenters. The molecule has 2 heterocycles. The van der Waals surface area contributed by atoms with Gasteiger partial charge < -0.3 is 5.32 Å². The second-order valence-electron chi connectivity index (χ2n) is 5.83. The van der Waals surface area contributed by atoms with Crippen LogP contribution in [0.2, 0.25) is 0 Å². The molecule has 0 spiro atoms. The zero-order chi connectivity index (χ0) is 13.8. The highest BCUT2D eigenvalue weighted by atomic mass is 79.9. The minimum absolute atomic E-state index is 0.520. The van der Waals surface area contributed by atoms with Gasteiger partial charge in [-0.05, 0) is 74.6 Å². The van der Waals surface area contributed by atoms with Crippen LogP contribution in [-0.2, 0) is 0 Å². The van der Waals surface area contributed by atoms with E-state index in [2.05, 4.69) is 58.4 Å². The first-order chi connectivity index (χ1) is 9.08. The molecule has 0 amide bonds. The van der Waals surface area contributed by atoms with Gasteiger partial charge in [-0.3, -0.25) is 4.90 Å². The van der Waals surface area contributed by atoms with Crippen molar-refractivity contribution >= 4 is 27.3 Å². The smallest absolute Gasteiger partial charge is 0.0416 e. The zero-order valence-electron chi connectivity index (χ0n) is 12.2. The summed E-state index contributed by atoms with van der Waals surface area (Å²) < 4.78 is 1.21. The largest absolute Gasteiger partial charge is 0.317 e. The molecular weight excluding hydrogens is 320 g/mol. The molecule has 4 heteroatoms. The molecule has 1 aliphatic heterocycles. The van der Waals surface area contributed by atoms with E-state index in [-0.39, 0.29) is 0 Å². The van der Waals surface area contributed by atoms with Crippen molar-refractivity contribution in [2.75, 3.05) is 19.6 Å². The van der Waals surface area contributed by atoms with Gasteiger partial charge in [0, 0.05) is 33.4 Å². The second kappa shape index (κ2) is 7.21. The molecule has 0 bridgehead atoms. The fourth-order valence-electron chi connectivity index (χ4n) is 2.89. The summed E-state index contributed by atoms with van der Waals surface area (Å²) in [5, 5.41) is 5.65. The lowest BCUT2D eigenvalue weighted by molar-refractivity contribution is 0.127. The molecule has 2 rings (SSSR count). The molecule has 1 N–H and O–H groups in total. The number of nitrogens with one attached hydrogen (secondary N) is 1. The second-order valence-corrected chi connectivity index (χ2v) is 7.69. The predicted octanol–water partition coefficient (Wildman–Crippen LogP) is 4.28. The van der Waals surface area contributed by atoms with Crippen LogP contribution in [0, 0.1) is 5.92 Å². The van der Waals surface area contributed by atoms with Crippen LogP contribution in [-0.4, -0.2) is 30.6 Å². The van der Waals surface area contributed by atoms with Gasteiger partial charge in [0.2, 0.25) is 0 Å². The molecule has 0 aromatic carbocycles. The number of hydrogen-bond acceptors (Lipinski definition) is 3. The van der Waals surface area contributed by atoms with Crippen molar-refractivity contribution in [2.45, 2.75) is 45.7 Å². The Hall–Kier alpha value is 0.1000. The zero-order valence-corrected chi connectivity index (χ0v) is 14.6. The lowest BCUT2D eigenvalue weighted by Crippen LogP contribution is -2.40. The number of rotatable bonds is 5. The summed E-state index contributed by atoms with van der Waals surface area (Å²) in [4.78, 5) is 4.13. The number of hydrogen-bond donors (Lipinski definition) is 1. The van der Waals surface area contributed by atoms with E-state index in [4.69, 9.17) is 0 Å². The molecule has 0 saturated carbocycles. The third kappa shape index (κ3) is 4.28. The molecule has 2 nitrogen and oxygen atoms in total. The first-order valence-electron chi connectivity index (χ1n) is 7.28. The van der Waals surface area contributed by atoms with E-state index in [9.17, 15) is 0 Å². The van der Waals surface area contributed by atoms with E-state index >= 15 is 0 Å². The summed E-state index contributed by atoms with van der Waals surface area (Å²) in [5.41, 5.74) is 0. The van der Waals surface area contributed by atoms with Gasteiger partial charge in [0.1, 0.15) is 0 Å². The molecule has 0 radical (unpaired) electrons. The molecule has 1 fully saturated rings. The number of thiophene rings is 1. The highest BCUT2D eigenvalue weighted by molar-refractivity contribution is 9.10. The standard InChI is InChI=1S/C15H25BrN2S/c1-11(2)18(9-13-4-6-17-7-5-13)12(3)15-8-14(16)10-19-15/h8,10-13,17H,4-7,9H2,1-3H3. The minimum atomic E-state index is 0.520. The van der Waals surface area contributed by atoms with Gasteiger partial charge in [0.15, 0.2) is 0 Å². The molecule has 1 aliphatic rings. The van der Waals surface area contributed by atoms with Crippen molar-refractivity contribution in [1.82, 2.24) is 10.2 Å². The van der Waals surface area contributed by atoms with Gasteiger partial charge in [-0.15, -0.1) is 11.3 Å². The monoisotopic (exact) mass is 344 g/mol. The van der Waals surface area contributed by atoms with Crippen molar-refractivity contribution in [3.8, 4) is 0 Å². The third-order valence-corrected chi connectivity index (χ3v) is 5.95. The van der Waals surface area contributed by atoms with E-state index in [1.807, 2.05) is 11.3 Å². The minimum Gasteiger partial charge on any atom is -0.317 e. The van der Waals surface area contributed by atoms with Crippen molar-refractivity contribution in [3.63, 3.8) is 0 Å². The Morgan fingerprint density at radius 2 is 2.05 bits per heavy atom. The Morgan fingerprint density at radius 1 is 1.37 bits per heavy atom. The quantitative estimate of drug-likeness (QED) is 0.857. The van der Waals surface area contributed by atoms with Gasteiger partial charge in [0.05, 0.1) is 0 Å². The van der Waals surface area contributed by atoms with Crippen LogP contribution in [0.3, 0.4) is 0 Å². The summed E-state index contributed by atoms with van der Waals surface area (Å²) >= 11 is 5.43.